The summed E-state index contributed by atoms with van der Waals surface area (Å²) in [5.41, 5.74) is 1.00. The number of hydrogen-bond acceptors (Lipinski definition) is 5. The van der Waals surface area contributed by atoms with Crippen LogP contribution in [0.3, 0.4) is 0 Å². The second kappa shape index (κ2) is 6.49. The van der Waals surface area contributed by atoms with Crippen molar-refractivity contribution >= 4 is 27.7 Å². The average Bonchev–Trinajstić information content (AvgIpc) is 2.47. The van der Waals surface area contributed by atoms with E-state index in [0.29, 0.717) is 11.8 Å². The molecule has 6 heteroatoms. The zero-order valence-corrected chi connectivity index (χ0v) is 12.1. The van der Waals surface area contributed by atoms with Gasteiger partial charge in [-0.15, -0.1) is 0 Å². The van der Waals surface area contributed by atoms with Gasteiger partial charge in [0.1, 0.15) is 5.82 Å². The molecule has 1 heterocycles. The number of benzene rings is 1. The molecule has 0 bridgehead atoms. The van der Waals surface area contributed by atoms with Crippen LogP contribution >= 0.6 is 15.9 Å². The maximum atomic E-state index is 9.52. The van der Waals surface area contributed by atoms with E-state index in [1.807, 2.05) is 30.3 Å². The number of nitrogens with one attached hydrogen (secondary N) is 2. The highest BCUT2D eigenvalue weighted by atomic mass is 79.9. The first-order chi connectivity index (χ1) is 9.24. The lowest BCUT2D eigenvalue weighted by Crippen LogP contribution is -2.16. The second-order valence-corrected chi connectivity index (χ2v) is 4.78. The van der Waals surface area contributed by atoms with Gasteiger partial charge in [0.15, 0.2) is 0 Å². The summed E-state index contributed by atoms with van der Waals surface area (Å²) < 4.78 is 0.751. The van der Waals surface area contributed by atoms with Crippen molar-refractivity contribution in [3.05, 3.63) is 46.6 Å². The van der Waals surface area contributed by atoms with Crippen molar-refractivity contribution in [1.82, 2.24) is 9.97 Å². The maximum absolute atomic E-state index is 9.52. The highest BCUT2D eigenvalue weighted by Gasteiger charge is 2.13. The van der Waals surface area contributed by atoms with Crippen molar-refractivity contribution < 1.29 is 5.11 Å². The number of nitrogens with zero attached hydrogens (tertiary/aromatic N) is 2. The predicted octanol–water partition coefficient (Wildman–Crippen LogP) is 2.43. The summed E-state index contributed by atoms with van der Waals surface area (Å²) in [5, 5.41) is 15.6. The van der Waals surface area contributed by atoms with Crippen LogP contribution < -0.4 is 10.6 Å². The van der Waals surface area contributed by atoms with Crippen LogP contribution in [0.1, 0.15) is 11.6 Å². The summed E-state index contributed by atoms with van der Waals surface area (Å²) >= 11 is 3.39. The van der Waals surface area contributed by atoms with Crippen LogP contribution in [0.25, 0.3) is 0 Å². The fraction of sp³-hybridized carbons (Fsp3) is 0.231. The Morgan fingerprint density at radius 2 is 2.05 bits per heavy atom. The summed E-state index contributed by atoms with van der Waals surface area (Å²) in [5.74, 6) is 1.16. The smallest absolute Gasteiger partial charge is 0.224 e. The van der Waals surface area contributed by atoms with Crippen molar-refractivity contribution in [2.75, 3.05) is 24.3 Å². The molecule has 1 aromatic carbocycles. The minimum atomic E-state index is -0.211. The average molecular weight is 323 g/mol. The molecular formula is C13H15BrN4O. The monoisotopic (exact) mass is 322 g/mol. The van der Waals surface area contributed by atoms with Gasteiger partial charge in [0.2, 0.25) is 5.95 Å². The third-order valence-corrected chi connectivity index (χ3v) is 3.24. The Bertz CT molecular complexity index is 535. The molecule has 0 aliphatic carbocycles. The molecule has 0 spiro atoms. The van der Waals surface area contributed by atoms with Crippen molar-refractivity contribution in [3.8, 4) is 0 Å². The normalized spacial score (nSPS) is 11.9. The van der Waals surface area contributed by atoms with Crippen molar-refractivity contribution in [3.63, 3.8) is 0 Å². The second-order valence-electron chi connectivity index (χ2n) is 3.93. The molecule has 2 rings (SSSR count). The summed E-state index contributed by atoms with van der Waals surface area (Å²) in [4.78, 5) is 8.40. The lowest BCUT2D eigenvalue weighted by molar-refractivity contribution is 0.276. The third-order valence-electron chi connectivity index (χ3n) is 2.66. The molecule has 0 radical (unpaired) electrons. The molecule has 3 N–H and O–H groups in total. The van der Waals surface area contributed by atoms with Gasteiger partial charge in [0.05, 0.1) is 17.1 Å². The standard InChI is InChI=1S/C13H15BrN4O/c1-15-13-16-7-10(14)12(18-13)17-11(8-19)9-5-3-2-4-6-9/h2-7,11,19H,8H2,1H3,(H2,15,16,17,18). The Balaban J connectivity index is 2.23. The van der Waals surface area contributed by atoms with E-state index in [-0.39, 0.29) is 12.6 Å². The van der Waals surface area contributed by atoms with Crippen LogP contribution in [0.2, 0.25) is 0 Å². The Kier molecular flexibility index (Phi) is 4.70. The number of anilines is 2. The van der Waals surface area contributed by atoms with E-state index < -0.39 is 0 Å². The molecule has 100 valence electrons. The summed E-state index contributed by atoms with van der Waals surface area (Å²) in [6.45, 7) is -0.0185. The zero-order valence-electron chi connectivity index (χ0n) is 10.5. The SMILES string of the molecule is CNc1ncc(Br)c(NC(CO)c2ccccc2)n1. The Hall–Kier alpha value is -1.66. The molecule has 5 nitrogen and oxygen atoms in total. The number of halogens is 1. The van der Waals surface area contributed by atoms with Crippen LogP contribution in [-0.2, 0) is 0 Å². The van der Waals surface area contributed by atoms with Gasteiger partial charge in [-0.2, -0.15) is 4.98 Å². The Morgan fingerprint density at radius 3 is 2.68 bits per heavy atom. The van der Waals surface area contributed by atoms with Gasteiger partial charge in [0, 0.05) is 13.2 Å². The lowest BCUT2D eigenvalue weighted by atomic mass is 10.1. The third kappa shape index (κ3) is 3.42. The van der Waals surface area contributed by atoms with E-state index in [1.165, 1.54) is 0 Å². The van der Waals surface area contributed by atoms with E-state index in [2.05, 4.69) is 36.5 Å². The molecular weight excluding hydrogens is 308 g/mol. The number of hydrogen-bond donors (Lipinski definition) is 3. The van der Waals surface area contributed by atoms with Gasteiger partial charge in [-0.1, -0.05) is 30.3 Å². The molecule has 19 heavy (non-hydrogen) atoms. The quantitative estimate of drug-likeness (QED) is 0.788. The van der Waals surface area contributed by atoms with Gasteiger partial charge in [-0.05, 0) is 21.5 Å². The minimum Gasteiger partial charge on any atom is -0.394 e. The largest absolute Gasteiger partial charge is 0.394 e. The Labute approximate surface area is 120 Å². The van der Waals surface area contributed by atoms with Gasteiger partial charge in [0.25, 0.3) is 0 Å². The summed E-state index contributed by atoms with van der Waals surface area (Å²) in [6.07, 6.45) is 1.67. The van der Waals surface area contributed by atoms with Crippen LogP contribution in [0.15, 0.2) is 41.0 Å². The molecule has 1 atom stereocenters. The van der Waals surface area contributed by atoms with Crippen LogP contribution in [0.4, 0.5) is 11.8 Å². The maximum Gasteiger partial charge on any atom is 0.224 e. The molecule has 0 fully saturated rings. The first kappa shape index (κ1) is 13.8. The van der Waals surface area contributed by atoms with Gasteiger partial charge in [-0.3, -0.25) is 0 Å². The van der Waals surface area contributed by atoms with Crippen molar-refractivity contribution in [2.24, 2.45) is 0 Å². The van der Waals surface area contributed by atoms with E-state index in [4.69, 9.17) is 0 Å². The first-order valence-corrected chi connectivity index (χ1v) is 6.66. The van der Waals surface area contributed by atoms with E-state index in [1.54, 1.807) is 13.2 Å². The molecule has 0 aliphatic rings. The summed E-state index contributed by atoms with van der Waals surface area (Å²) in [6, 6.07) is 9.53. The fourth-order valence-corrected chi connectivity index (χ4v) is 1.98. The number of aliphatic hydroxyl groups excluding tert-OH is 1. The van der Waals surface area contributed by atoms with Crippen LogP contribution in [-0.4, -0.2) is 28.7 Å². The van der Waals surface area contributed by atoms with Crippen molar-refractivity contribution in [1.29, 1.82) is 0 Å². The molecule has 1 unspecified atom stereocenters. The van der Waals surface area contributed by atoms with Gasteiger partial charge in [-0.25, -0.2) is 4.98 Å². The summed E-state index contributed by atoms with van der Waals surface area (Å²) in [7, 11) is 1.76. The molecule has 0 amide bonds. The number of rotatable bonds is 5. The Morgan fingerprint density at radius 1 is 1.32 bits per heavy atom. The predicted molar refractivity (Wildman–Crippen MR) is 79.2 cm³/mol. The van der Waals surface area contributed by atoms with Crippen LogP contribution in [0, 0.1) is 0 Å². The minimum absolute atomic E-state index is 0.0185. The first-order valence-electron chi connectivity index (χ1n) is 5.87. The molecule has 0 saturated heterocycles. The zero-order chi connectivity index (χ0) is 13.7. The van der Waals surface area contributed by atoms with E-state index >= 15 is 0 Å². The number of aromatic nitrogens is 2. The fourth-order valence-electron chi connectivity index (χ4n) is 1.67. The van der Waals surface area contributed by atoms with E-state index in [9.17, 15) is 5.11 Å². The molecule has 0 saturated carbocycles. The van der Waals surface area contributed by atoms with Gasteiger partial charge < -0.3 is 15.7 Å². The number of aliphatic hydroxyl groups is 1. The molecule has 0 aliphatic heterocycles. The molecule has 1 aromatic heterocycles. The van der Waals surface area contributed by atoms with Crippen LogP contribution in [0.5, 0.6) is 0 Å². The topological polar surface area (TPSA) is 70.1 Å². The lowest BCUT2D eigenvalue weighted by Gasteiger charge is -2.18. The molecule has 2 aromatic rings. The van der Waals surface area contributed by atoms with E-state index in [0.717, 1.165) is 10.0 Å². The van der Waals surface area contributed by atoms with Gasteiger partial charge >= 0.3 is 0 Å². The van der Waals surface area contributed by atoms with Crippen molar-refractivity contribution in [2.45, 2.75) is 6.04 Å². The highest BCUT2D eigenvalue weighted by molar-refractivity contribution is 9.10. The highest BCUT2D eigenvalue weighted by Crippen LogP contribution is 2.25.